The fourth-order valence-corrected chi connectivity index (χ4v) is 4.81. The van der Waals surface area contributed by atoms with Gasteiger partial charge in [0.25, 0.3) is 5.91 Å². The number of nitrogens with zero attached hydrogens (tertiary/aromatic N) is 1. The zero-order valence-corrected chi connectivity index (χ0v) is 19.6. The second kappa shape index (κ2) is 8.96. The number of ether oxygens (including phenoxy) is 2. The van der Waals surface area contributed by atoms with Crippen molar-refractivity contribution in [1.82, 2.24) is 4.90 Å². The maximum absolute atomic E-state index is 13.7. The summed E-state index contributed by atoms with van der Waals surface area (Å²) in [5.74, 6) is -0.498. The van der Waals surface area contributed by atoms with Gasteiger partial charge in [0.2, 0.25) is 0 Å². The quantitative estimate of drug-likeness (QED) is 0.711. The lowest BCUT2D eigenvalue weighted by molar-refractivity contribution is -0.150. The van der Waals surface area contributed by atoms with Crippen molar-refractivity contribution < 1.29 is 24.2 Å². The van der Waals surface area contributed by atoms with Crippen LogP contribution in [0.3, 0.4) is 0 Å². The zero-order valence-electron chi connectivity index (χ0n) is 19.6. The number of amides is 1. The highest BCUT2D eigenvalue weighted by Crippen LogP contribution is 2.44. The monoisotopic (exact) mass is 419 g/mol. The van der Waals surface area contributed by atoms with Gasteiger partial charge in [-0.15, -0.1) is 0 Å². The largest absolute Gasteiger partial charge is 0.496 e. The Bertz CT molecular complexity index is 782. The van der Waals surface area contributed by atoms with Gasteiger partial charge in [0.15, 0.2) is 0 Å². The fraction of sp³-hybridized carbons (Fsp3) is 0.667. The van der Waals surface area contributed by atoms with Crippen LogP contribution in [0.4, 0.5) is 0 Å². The number of carbonyl (C=O) groups excluding carboxylic acids is 1. The van der Waals surface area contributed by atoms with E-state index >= 15 is 0 Å². The molecule has 0 radical (unpaired) electrons. The van der Waals surface area contributed by atoms with Crippen LogP contribution >= 0.6 is 0 Å². The maximum Gasteiger partial charge on any atom is 0.329 e. The SMILES string of the molecule is COC[C@@H]1CC(CC(C)C)(C(=O)O)N(C(=O)c2ccc(C(C)(C)C)c(OC)c2)C1C. The first-order valence-corrected chi connectivity index (χ1v) is 10.6. The van der Waals surface area contributed by atoms with Gasteiger partial charge in [-0.1, -0.05) is 40.7 Å². The van der Waals surface area contributed by atoms with Gasteiger partial charge in [-0.2, -0.15) is 0 Å². The minimum Gasteiger partial charge on any atom is -0.496 e. The number of likely N-dealkylation sites (tertiary alicyclic amines) is 1. The fourth-order valence-electron chi connectivity index (χ4n) is 4.81. The van der Waals surface area contributed by atoms with Gasteiger partial charge in [-0.25, -0.2) is 4.79 Å². The Morgan fingerprint density at radius 1 is 1.27 bits per heavy atom. The molecular weight excluding hydrogens is 382 g/mol. The number of aliphatic carboxylic acids is 1. The summed E-state index contributed by atoms with van der Waals surface area (Å²) < 4.78 is 10.9. The molecule has 0 bridgehead atoms. The van der Waals surface area contributed by atoms with Crippen molar-refractivity contribution in [2.75, 3.05) is 20.8 Å². The van der Waals surface area contributed by atoms with Crippen molar-refractivity contribution in [2.45, 2.75) is 71.4 Å². The molecule has 1 N–H and O–H groups in total. The van der Waals surface area contributed by atoms with Gasteiger partial charge < -0.3 is 19.5 Å². The van der Waals surface area contributed by atoms with Crippen molar-refractivity contribution in [1.29, 1.82) is 0 Å². The number of carboxylic acids is 1. The second-order valence-corrected chi connectivity index (χ2v) is 9.94. The highest BCUT2D eigenvalue weighted by atomic mass is 16.5. The molecule has 1 saturated heterocycles. The van der Waals surface area contributed by atoms with Crippen LogP contribution in [-0.4, -0.2) is 54.3 Å². The molecular formula is C24H37NO5. The molecule has 6 nitrogen and oxygen atoms in total. The van der Waals surface area contributed by atoms with Crippen LogP contribution in [0.2, 0.25) is 0 Å². The highest BCUT2D eigenvalue weighted by Gasteiger charge is 2.57. The lowest BCUT2D eigenvalue weighted by atomic mass is 9.83. The molecule has 1 aliphatic heterocycles. The molecule has 6 heteroatoms. The molecule has 1 aliphatic rings. The Morgan fingerprint density at radius 2 is 1.90 bits per heavy atom. The summed E-state index contributed by atoms with van der Waals surface area (Å²) in [4.78, 5) is 27.8. The van der Waals surface area contributed by atoms with Gasteiger partial charge in [0, 0.05) is 24.6 Å². The maximum atomic E-state index is 13.7. The first kappa shape index (κ1) is 24.2. The molecule has 0 saturated carbocycles. The van der Waals surface area contributed by atoms with Crippen LogP contribution in [0.1, 0.15) is 70.3 Å². The summed E-state index contributed by atoms with van der Waals surface area (Å²) in [6, 6.07) is 5.18. The molecule has 0 aliphatic carbocycles. The molecule has 1 aromatic rings. The predicted octanol–water partition coefficient (Wildman–Crippen LogP) is 4.36. The summed E-state index contributed by atoms with van der Waals surface area (Å²) in [6.45, 7) is 12.6. The molecule has 1 fully saturated rings. The van der Waals surface area contributed by atoms with E-state index in [0.29, 0.717) is 30.8 Å². The van der Waals surface area contributed by atoms with Gasteiger partial charge in [0.1, 0.15) is 11.3 Å². The van der Waals surface area contributed by atoms with Crippen LogP contribution < -0.4 is 4.74 Å². The lowest BCUT2D eigenvalue weighted by Gasteiger charge is -2.38. The van der Waals surface area contributed by atoms with Crippen molar-refractivity contribution >= 4 is 11.9 Å². The molecule has 1 amide bonds. The van der Waals surface area contributed by atoms with E-state index in [0.717, 1.165) is 5.56 Å². The van der Waals surface area contributed by atoms with Gasteiger partial charge in [0.05, 0.1) is 13.7 Å². The highest BCUT2D eigenvalue weighted by molar-refractivity contribution is 5.99. The summed E-state index contributed by atoms with van der Waals surface area (Å²) in [6.07, 6.45) is 0.786. The van der Waals surface area contributed by atoms with Crippen molar-refractivity contribution in [3.8, 4) is 5.75 Å². The molecule has 2 rings (SSSR count). The van der Waals surface area contributed by atoms with E-state index in [2.05, 4.69) is 20.8 Å². The van der Waals surface area contributed by atoms with Crippen LogP contribution in [0.25, 0.3) is 0 Å². The average molecular weight is 420 g/mol. The molecule has 2 unspecified atom stereocenters. The molecule has 3 atom stereocenters. The number of hydrogen-bond donors (Lipinski definition) is 1. The third kappa shape index (κ3) is 4.48. The Kier molecular flexibility index (Phi) is 7.23. The number of benzene rings is 1. The van der Waals surface area contributed by atoms with Gasteiger partial charge in [-0.05, 0) is 48.8 Å². The van der Waals surface area contributed by atoms with Gasteiger partial charge >= 0.3 is 5.97 Å². The normalized spacial score (nSPS) is 24.4. The topological polar surface area (TPSA) is 76.1 Å². The summed E-state index contributed by atoms with van der Waals surface area (Å²) >= 11 is 0. The van der Waals surface area contributed by atoms with Crippen LogP contribution in [0, 0.1) is 11.8 Å². The van der Waals surface area contributed by atoms with E-state index in [-0.39, 0.29) is 29.2 Å². The minimum atomic E-state index is -1.25. The summed E-state index contributed by atoms with van der Waals surface area (Å²) in [5.41, 5.74) is 0.0584. The van der Waals surface area contributed by atoms with E-state index < -0.39 is 11.5 Å². The van der Waals surface area contributed by atoms with E-state index in [1.165, 1.54) is 0 Å². The molecule has 168 valence electrons. The number of rotatable bonds is 7. The van der Waals surface area contributed by atoms with Gasteiger partial charge in [-0.3, -0.25) is 4.79 Å². The van der Waals surface area contributed by atoms with Crippen molar-refractivity contribution in [3.63, 3.8) is 0 Å². The van der Waals surface area contributed by atoms with Crippen LogP contribution in [-0.2, 0) is 14.9 Å². The van der Waals surface area contributed by atoms with E-state index in [9.17, 15) is 14.7 Å². The average Bonchev–Trinajstić information content (AvgIpc) is 2.92. The Morgan fingerprint density at radius 3 is 2.37 bits per heavy atom. The zero-order chi connectivity index (χ0) is 22.9. The first-order valence-electron chi connectivity index (χ1n) is 10.6. The first-order chi connectivity index (χ1) is 13.9. The standard InChI is InChI=1S/C24H37NO5/c1-15(2)12-24(22(27)28)13-18(14-29-7)16(3)25(24)21(26)17-9-10-19(23(4,5)6)20(11-17)30-8/h9-11,15-16,18H,12-14H2,1-8H3,(H,27,28)/t16?,18-,24?/m0/s1. The smallest absolute Gasteiger partial charge is 0.329 e. The Balaban J connectivity index is 2.56. The van der Waals surface area contributed by atoms with E-state index in [1.54, 1.807) is 31.3 Å². The van der Waals surface area contributed by atoms with Crippen LogP contribution in [0.15, 0.2) is 18.2 Å². The molecule has 1 aromatic carbocycles. The Labute approximate surface area is 180 Å². The molecule has 0 spiro atoms. The second-order valence-electron chi connectivity index (χ2n) is 9.94. The molecule has 0 aromatic heterocycles. The predicted molar refractivity (Wildman–Crippen MR) is 117 cm³/mol. The third-order valence-corrected chi connectivity index (χ3v) is 6.15. The van der Waals surface area contributed by atoms with E-state index in [1.807, 2.05) is 26.8 Å². The minimum absolute atomic E-state index is 0.0375. The summed E-state index contributed by atoms with van der Waals surface area (Å²) in [7, 11) is 3.20. The third-order valence-electron chi connectivity index (χ3n) is 6.15. The number of methoxy groups -OCH3 is 2. The number of carbonyl (C=O) groups is 2. The van der Waals surface area contributed by atoms with Crippen molar-refractivity contribution in [3.05, 3.63) is 29.3 Å². The lowest BCUT2D eigenvalue weighted by Crippen LogP contribution is -2.56. The van der Waals surface area contributed by atoms with Crippen LogP contribution in [0.5, 0.6) is 5.75 Å². The van der Waals surface area contributed by atoms with E-state index in [4.69, 9.17) is 9.47 Å². The number of carboxylic acid groups (broad SMARTS) is 1. The Hall–Kier alpha value is -2.08. The van der Waals surface area contributed by atoms with Crippen molar-refractivity contribution in [2.24, 2.45) is 11.8 Å². The molecule has 30 heavy (non-hydrogen) atoms. The molecule has 1 heterocycles. The number of hydrogen-bond acceptors (Lipinski definition) is 4. The summed E-state index contributed by atoms with van der Waals surface area (Å²) in [5, 5.41) is 10.3.